The average Bonchev–Trinajstić information content (AvgIpc) is 2.03. The fourth-order valence-corrected chi connectivity index (χ4v) is 1.62. The average molecular weight is 224 g/mol. The fraction of sp³-hybridized carbons (Fsp3) is 0. The monoisotopic (exact) mass is 224 g/mol. The molecule has 0 spiro atoms. The van der Waals surface area contributed by atoms with Crippen molar-refractivity contribution in [1.82, 2.24) is 0 Å². The second-order valence-electron chi connectivity index (χ2n) is 2.35. The van der Waals surface area contributed by atoms with Crippen molar-refractivity contribution in [3.8, 4) is 0 Å². The van der Waals surface area contributed by atoms with Crippen LogP contribution in [0.5, 0.6) is 0 Å². The van der Waals surface area contributed by atoms with Gasteiger partial charge in [0.15, 0.2) is 0 Å². The smallest absolute Gasteiger partial charge is 0.337 e. The largest absolute Gasteiger partial charge is 0.478 e. The molecule has 71 valence electrons. The normalized spacial score (nSPS) is 10.4. The van der Waals surface area contributed by atoms with E-state index in [1.165, 1.54) is 18.2 Å². The van der Waals surface area contributed by atoms with Crippen molar-refractivity contribution in [2.75, 3.05) is 0 Å². The number of carboxylic acids is 1. The predicted molar refractivity (Wildman–Crippen MR) is 50.5 cm³/mol. The Balaban J connectivity index is 0.00000169. The van der Waals surface area contributed by atoms with Crippen molar-refractivity contribution in [2.45, 2.75) is 4.90 Å². The molecular weight excluding hydrogens is 217 g/mol. The number of carboxylic acid groups (broad SMARTS) is 1. The van der Waals surface area contributed by atoms with Gasteiger partial charge in [0.1, 0.15) is 0 Å². The number of hydrogen-bond acceptors (Lipinski definition) is 3. The Morgan fingerprint density at radius 3 is 2.14 bits per heavy atom. The van der Waals surface area contributed by atoms with Crippen molar-refractivity contribution in [3.05, 3.63) is 29.8 Å². The van der Waals surface area contributed by atoms with Crippen LogP contribution in [0.2, 0.25) is 0 Å². The molecule has 0 amide bonds. The van der Waals surface area contributed by atoms with Gasteiger partial charge in [-0.25, -0.2) is 18.4 Å². The molecule has 1 radical (unpaired) electrons. The van der Waals surface area contributed by atoms with E-state index in [1.807, 2.05) is 0 Å². The van der Waals surface area contributed by atoms with Crippen molar-refractivity contribution < 1.29 is 18.3 Å². The van der Waals surface area contributed by atoms with Gasteiger partial charge >= 0.3 is 5.97 Å². The molecule has 1 aromatic carbocycles. The zero-order valence-electron chi connectivity index (χ0n) is 7.47. The predicted octanol–water partition coefficient (Wildman–Crippen LogP) is -0.349. The van der Waals surface area contributed by atoms with Crippen molar-refractivity contribution in [2.24, 2.45) is 5.14 Å². The molecule has 0 bridgehead atoms. The van der Waals surface area contributed by atoms with Gasteiger partial charge in [0, 0.05) is 29.6 Å². The molecule has 3 N–H and O–H groups in total. The summed E-state index contributed by atoms with van der Waals surface area (Å²) in [6.07, 6.45) is 0. The SMILES string of the molecule is NS(=O)(=O)c1ccccc1C(=O)O.[Na]. The Morgan fingerprint density at radius 1 is 1.29 bits per heavy atom. The molecule has 0 aromatic heterocycles. The second kappa shape index (κ2) is 4.90. The van der Waals surface area contributed by atoms with Gasteiger partial charge in [0.05, 0.1) is 10.5 Å². The number of carbonyl (C=O) groups is 1. The van der Waals surface area contributed by atoms with Crippen LogP contribution in [0.4, 0.5) is 0 Å². The molecule has 1 rings (SSSR count). The molecule has 0 saturated carbocycles. The number of aromatic carboxylic acids is 1. The topological polar surface area (TPSA) is 97.5 Å². The molecule has 1 aromatic rings. The van der Waals surface area contributed by atoms with Crippen LogP contribution in [0.1, 0.15) is 10.4 Å². The van der Waals surface area contributed by atoms with Gasteiger partial charge in [-0.05, 0) is 12.1 Å². The molecular formula is C7H7NNaO4S. The second-order valence-corrected chi connectivity index (χ2v) is 3.88. The van der Waals surface area contributed by atoms with Crippen molar-refractivity contribution >= 4 is 45.5 Å². The third-order valence-corrected chi connectivity index (χ3v) is 2.39. The molecule has 0 unspecified atom stereocenters. The van der Waals surface area contributed by atoms with Crippen LogP contribution >= 0.6 is 0 Å². The minimum atomic E-state index is -3.96. The van der Waals surface area contributed by atoms with Gasteiger partial charge in [0.2, 0.25) is 10.0 Å². The maximum atomic E-state index is 10.9. The van der Waals surface area contributed by atoms with E-state index in [9.17, 15) is 13.2 Å². The van der Waals surface area contributed by atoms with Crippen LogP contribution in [-0.2, 0) is 10.0 Å². The maximum Gasteiger partial charge on any atom is 0.337 e. The summed E-state index contributed by atoms with van der Waals surface area (Å²) >= 11 is 0. The van der Waals surface area contributed by atoms with Crippen molar-refractivity contribution in [1.29, 1.82) is 0 Å². The molecule has 0 heterocycles. The van der Waals surface area contributed by atoms with E-state index in [2.05, 4.69) is 0 Å². The molecule has 0 aliphatic carbocycles. The minimum Gasteiger partial charge on any atom is -0.478 e. The number of sulfonamides is 1. The molecule has 0 aliphatic heterocycles. The summed E-state index contributed by atoms with van der Waals surface area (Å²) in [6.45, 7) is 0. The van der Waals surface area contributed by atoms with Crippen LogP contribution in [0.15, 0.2) is 29.2 Å². The van der Waals surface area contributed by atoms with E-state index in [1.54, 1.807) is 0 Å². The fourth-order valence-electron chi connectivity index (χ4n) is 0.891. The zero-order chi connectivity index (χ0) is 10.1. The maximum absolute atomic E-state index is 10.9. The first kappa shape index (κ1) is 13.6. The van der Waals surface area contributed by atoms with E-state index in [0.29, 0.717) is 0 Å². The van der Waals surface area contributed by atoms with Gasteiger partial charge in [0.25, 0.3) is 0 Å². The molecule has 14 heavy (non-hydrogen) atoms. The van der Waals surface area contributed by atoms with E-state index in [-0.39, 0.29) is 40.0 Å². The Morgan fingerprint density at radius 2 is 1.79 bits per heavy atom. The van der Waals surface area contributed by atoms with Crippen LogP contribution in [-0.4, -0.2) is 49.1 Å². The summed E-state index contributed by atoms with van der Waals surface area (Å²) in [5.74, 6) is -1.32. The molecule has 5 nitrogen and oxygen atoms in total. The van der Waals surface area contributed by atoms with Gasteiger partial charge < -0.3 is 5.11 Å². The molecule has 0 saturated heterocycles. The van der Waals surface area contributed by atoms with Crippen LogP contribution in [0, 0.1) is 0 Å². The Labute approximate surface area is 103 Å². The first-order valence-corrected chi connectivity index (χ1v) is 4.82. The summed E-state index contributed by atoms with van der Waals surface area (Å²) in [7, 11) is -3.96. The van der Waals surface area contributed by atoms with Crippen LogP contribution < -0.4 is 5.14 Å². The van der Waals surface area contributed by atoms with E-state index in [0.717, 1.165) is 6.07 Å². The molecule has 0 fully saturated rings. The van der Waals surface area contributed by atoms with Crippen LogP contribution in [0.25, 0.3) is 0 Å². The standard InChI is InChI=1S/C7H7NO4S.Na/c8-13(11,12)6-4-2-1-3-5(6)7(9)10;/h1-4H,(H,9,10)(H2,8,11,12);. The van der Waals surface area contributed by atoms with Gasteiger partial charge in [-0.2, -0.15) is 0 Å². The summed E-state index contributed by atoms with van der Waals surface area (Å²) in [6, 6.07) is 5.17. The number of benzene rings is 1. The van der Waals surface area contributed by atoms with Crippen molar-refractivity contribution in [3.63, 3.8) is 0 Å². The zero-order valence-corrected chi connectivity index (χ0v) is 10.3. The Hall–Kier alpha value is -0.400. The first-order chi connectivity index (χ1) is 5.93. The van der Waals surface area contributed by atoms with E-state index < -0.39 is 16.0 Å². The van der Waals surface area contributed by atoms with Gasteiger partial charge in [-0.1, -0.05) is 12.1 Å². The summed E-state index contributed by atoms with van der Waals surface area (Å²) in [5, 5.41) is 13.4. The molecule has 0 aliphatic rings. The summed E-state index contributed by atoms with van der Waals surface area (Å²) in [4.78, 5) is 10.2. The molecule has 7 heteroatoms. The minimum absolute atomic E-state index is 0. The first-order valence-electron chi connectivity index (χ1n) is 3.28. The summed E-state index contributed by atoms with van der Waals surface area (Å²) < 4.78 is 21.7. The Bertz CT molecular complexity index is 443. The number of primary sulfonamides is 1. The van der Waals surface area contributed by atoms with Crippen LogP contribution in [0.3, 0.4) is 0 Å². The van der Waals surface area contributed by atoms with E-state index in [4.69, 9.17) is 10.2 Å². The number of hydrogen-bond donors (Lipinski definition) is 2. The van der Waals surface area contributed by atoms with E-state index >= 15 is 0 Å². The number of rotatable bonds is 2. The van der Waals surface area contributed by atoms with Gasteiger partial charge in [-0.15, -0.1) is 0 Å². The summed E-state index contributed by atoms with van der Waals surface area (Å²) in [5.41, 5.74) is -0.315. The third-order valence-electron chi connectivity index (χ3n) is 1.42. The number of nitrogens with two attached hydrogens (primary N) is 1. The quantitative estimate of drug-likeness (QED) is 0.671. The Kier molecular flexibility index (Phi) is 4.76. The van der Waals surface area contributed by atoms with Gasteiger partial charge in [-0.3, -0.25) is 0 Å². The third kappa shape index (κ3) is 3.07. The molecule has 0 atom stereocenters.